The van der Waals surface area contributed by atoms with Gasteiger partial charge in [0.2, 0.25) is 5.91 Å². The number of para-hydroxylation sites is 2. The van der Waals surface area contributed by atoms with Crippen molar-refractivity contribution in [3.05, 3.63) is 70.7 Å². The van der Waals surface area contributed by atoms with Crippen molar-refractivity contribution in [1.82, 2.24) is 15.4 Å². The molecular weight excluding hydrogens is 322 g/mol. The van der Waals surface area contributed by atoms with E-state index in [0.717, 1.165) is 0 Å². The maximum absolute atomic E-state index is 11.8. The average molecular weight is 339 g/mol. The summed E-state index contributed by atoms with van der Waals surface area (Å²) >= 11 is 0. The first kappa shape index (κ1) is 16.5. The molecule has 7 heteroatoms. The van der Waals surface area contributed by atoms with Crippen molar-refractivity contribution in [1.29, 1.82) is 0 Å². The number of nitrogens with one attached hydrogen (secondary N) is 2. The highest BCUT2D eigenvalue weighted by molar-refractivity contribution is 5.95. The van der Waals surface area contributed by atoms with E-state index in [1.165, 1.54) is 4.57 Å². The number of carbonyl (C=O) groups excluding carboxylic acids is 2. The molecule has 0 spiro atoms. The zero-order valence-electron chi connectivity index (χ0n) is 13.4. The maximum atomic E-state index is 11.8. The summed E-state index contributed by atoms with van der Waals surface area (Å²) < 4.78 is 6.63. The third kappa shape index (κ3) is 3.95. The molecule has 2 N–H and O–H groups in total. The van der Waals surface area contributed by atoms with Crippen LogP contribution in [0.3, 0.4) is 0 Å². The summed E-state index contributed by atoms with van der Waals surface area (Å²) in [6.07, 6.45) is 0.609. The molecule has 0 atom stereocenters. The minimum atomic E-state index is -0.445. The van der Waals surface area contributed by atoms with Gasteiger partial charge < -0.3 is 4.42 Å². The third-order valence-corrected chi connectivity index (χ3v) is 3.71. The van der Waals surface area contributed by atoms with Crippen LogP contribution in [-0.4, -0.2) is 16.4 Å². The van der Waals surface area contributed by atoms with E-state index in [9.17, 15) is 14.4 Å². The molecule has 2 amide bonds. The number of rotatable bonds is 5. The molecule has 0 aliphatic heterocycles. The lowest BCUT2D eigenvalue weighted by molar-refractivity contribution is -0.122. The van der Waals surface area contributed by atoms with E-state index in [0.29, 0.717) is 29.6 Å². The van der Waals surface area contributed by atoms with Crippen molar-refractivity contribution in [3.63, 3.8) is 0 Å². The van der Waals surface area contributed by atoms with E-state index in [2.05, 4.69) is 10.9 Å². The Bertz CT molecular complexity index is 944. The number of aryl methyl sites for hydroxylation is 1. The number of hydrazine groups is 1. The van der Waals surface area contributed by atoms with Gasteiger partial charge in [-0.15, -0.1) is 0 Å². The van der Waals surface area contributed by atoms with Gasteiger partial charge >= 0.3 is 5.76 Å². The molecule has 7 nitrogen and oxygen atoms in total. The summed E-state index contributed by atoms with van der Waals surface area (Å²) in [5.74, 6) is -1.16. The number of nitrogens with zero attached hydrogens (tertiary/aromatic N) is 1. The van der Waals surface area contributed by atoms with Gasteiger partial charge in [-0.1, -0.05) is 30.3 Å². The van der Waals surface area contributed by atoms with Crippen molar-refractivity contribution in [3.8, 4) is 0 Å². The van der Waals surface area contributed by atoms with Crippen molar-refractivity contribution in [2.24, 2.45) is 0 Å². The first-order valence-electron chi connectivity index (χ1n) is 7.88. The van der Waals surface area contributed by atoms with Crippen LogP contribution in [0.5, 0.6) is 0 Å². The Hall–Kier alpha value is -3.35. The normalized spacial score (nSPS) is 10.6. The van der Waals surface area contributed by atoms with Gasteiger partial charge in [0.15, 0.2) is 5.58 Å². The molecule has 3 aromatic rings. The largest absolute Gasteiger partial charge is 0.419 e. The van der Waals surface area contributed by atoms with Gasteiger partial charge in [-0.2, -0.15) is 0 Å². The number of amides is 2. The van der Waals surface area contributed by atoms with Gasteiger partial charge in [-0.3, -0.25) is 25.0 Å². The highest BCUT2D eigenvalue weighted by Crippen LogP contribution is 2.12. The van der Waals surface area contributed by atoms with Crippen LogP contribution in [0.1, 0.15) is 23.2 Å². The van der Waals surface area contributed by atoms with Crippen LogP contribution in [0, 0.1) is 0 Å². The van der Waals surface area contributed by atoms with Crippen molar-refractivity contribution < 1.29 is 14.0 Å². The molecule has 0 aliphatic carbocycles. The summed E-state index contributed by atoms with van der Waals surface area (Å²) in [5, 5.41) is 0. The molecule has 0 bridgehead atoms. The highest BCUT2D eigenvalue weighted by atomic mass is 16.4. The molecule has 0 unspecified atom stereocenters. The number of carbonyl (C=O) groups is 2. The summed E-state index contributed by atoms with van der Waals surface area (Å²) in [7, 11) is 0. The molecule has 3 rings (SSSR count). The molecule has 2 aromatic carbocycles. The molecule has 0 saturated heterocycles. The number of aromatic nitrogens is 1. The summed E-state index contributed by atoms with van der Waals surface area (Å²) in [6, 6.07) is 15.7. The van der Waals surface area contributed by atoms with Crippen molar-refractivity contribution in [2.45, 2.75) is 19.4 Å². The predicted molar refractivity (Wildman–Crippen MR) is 91.8 cm³/mol. The van der Waals surface area contributed by atoms with E-state index in [4.69, 9.17) is 4.42 Å². The van der Waals surface area contributed by atoms with E-state index >= 15 is 0 Å². The smallest absolute Gasteiger partial charge is 0.408 e. The van der Waals surface area contributed by atoms with E-state index < -0.39 is 5.76 Å². The van der Waals surface area contributed by atoms with Crippen LogP contribution in [0.25, 0.3) is 11.1 Å². The molecule has 0 fully saturated rings. The second-order valence-corrected chi connectivity index (χ2v) is 5.46. The summed E-state index contributed by atoms with van der Waals surface area (Å²) in [6.45, 7) is 0.357. The molecule has 0 radical (unpaired) electrons. The quantitative estimate of drug-likeness (QED) is 0.694. The topological polar surface area (TPSA) is 93.3 Å². The number of hydrogen-bond acceptors (Lipinski definition) is 4. The van der Waals surface area contributed by atoms with Crippen LogP contribution in [-0.2, 0) is 11.3 Å². The monoisotopic (exact) mass is 339 g/mol. The maximum Gasteiger partial charge on any atom is 0.419 e. The number of benzene rings is 2. The summed E-state index contributed by atoms with van der Waals surface area (Å²) in [4.78, 5) is 35.5. The van der Waals surface area contributed by atoms with Gasteiger partial charge in [-0.25, -0.2) is 4.79 Å². The second kappa shape index (κ2) is 7.48. The van der Waals surface area contributed by atoms with E-state index in [-0.39, 0.29) is 18.2 Å². The van der Waals surface area contributed by atoms with Gasteiger partial charge in [-0.05, 0) is 30.7 Å². The molecule has 1 heterocycles. The number of hydrogen-bond donors (Lipinski definition) is 2. The zero-order valence-corrected chi connectivity index (χ0v) is 13.4. The van der Waals surface area contributed by atoms with Crippen LogP contribution in [0.15, 0.2) is 63.8 Å². The fraction of sp³-hybridized carbons (Fsp3) is 0.167. The van der Waals surface area contributed by atoms with Crippen molar-refractivity contribution >= 4 is 22.9 Å². The van der Waals surface area contributed by atoms with Crippen molar-refractivity contribution in [2.75, 3.05) is 0 Å². The predicted octanol–water partition coefficient (Wildman–Crippen LogP) is 1.84. The van der Waals surface area contributed by atoms with Crippen LogP contribution >= 0.6 is 0 Å². The fourth-order valence-electron chi connectivity index (χ4n) is 2.47. The van der Waals surface area contributed by atoms with Gasteiger partial charge in [0.05, 0.1) is 5.52 Å². The first-order valence-corrected chi connectivity index (χ1v) is 7.88. The Morgan fingerprint density at radius 3 is 2.48 bits per heavy atom. The van der Waals surface area contributed by atoms with Crippen LogP contribution < -0.4 is 16.6 Å². The lowest BCUT2D eigenvalue weighted by Crippen LogP contribution is -2.41. The average Bonchev–Trinajstić information content (AvgIpc) is 2.96. The Morgan fingerprint density at radius 1 is 0.960 bits per heavy atom. The molecule has 0 aliphatic rings. The second-order valence-electron chi connectivity index (χ2n) is 5.46. The molecule has 128 valence electrons. The third-order valence-electron chi connectivity index (χ3n) is 3.71. The highest BCUT2D eigenvalue weighted by Gasteiger charge is 2.10. The van der Waals surface area contributed by atoms with Gasteiger partial charge in [0, 0.05) is 18.5 Å². The standard InChI is InChI=1S/C18H17N3O4/c22-16(19-20-17(23)13-7-2-1-3-8-13)11-6-12-21-14-9-4-5-10-15(14)25-18(21)24/h1-5,7-10H,6,11-12H2,(H,19,22)(H,20,23). The van der Waals surface area contributed by atoms with Crippen LogP contribution in [0.4, 0.5) is 0 Å². The van der Waals surface area contributed by atoms with Gasteiger partial charge in [0.1, 0.15) is 0 Å². The van der Waals surface area contributed by atoms with E-state index in [1.54, 1.807) is 48.5 Å². The fourth-order valence-corrected chi connectivity index (χ4v) is 2.47. The molecule has 25 heavy (non-hydrogen) atoms. The molecule has 0 saturated carbocycles. The zero-order chi connectivity index (χ0) is 17.6. The summed E-state index contributed by atoms with van der Waals surface area (Å²) in [5.41, 5.74) is 6.40. The molecular formula is C18H17N3O4. The van der Waals surface area contributed by atoms with Crippen LogP contribution in [0.2, 0.25) is 0 Å². The Balaban J connectivity index is 1.49. The Labute approximate surface area is 143 Å². The SMILES string of the molecule is O=C(CCCn1c(=O)oc2ccccc21)NNC(=O)c1ccccc1. The van der Waals surface area contributed by atoms with Gasteiger partial charge in [0.25, 0.3) is 5.91 Å². The Morgan fingerprint density at radius 2 is 1.68 bits per heavy atom. The lowest BCUT2D eigenvalue weighted by Gasteiger charge is -2.07. The lowest BCUT2D eigenvalue weighted by atomic mass is 10.2. The number of fused-ring (bicyclic) bond motifs is 1. The minimum absolute atomic E-state index is 0.168. The molecule has 1 aromatic heterocycles. The van der Waals surface area contributed by atoms with E-state index in [1.807, 2.05) is 6.07 Å². The Kier molecular flexibility index (Phi) is 4.94. The number of oxazole rings is 1. The first-order chi connectivity index (χ1) is 12.1. The minimum Gasteiger partial charge on any atom is -0.408 e.